The largest absolute Gasteiger partial charge is 0.445 e. The highest BCUT2D eigenvalue weighted by Crippen LogP contribution is 2.29. The molecule has 2 N–H and O–H groups in total. The third kappa shape index (κ3) is 7.67. The predicted molar refractivity (Wildman–Crippen MR) is 150 cm³/mol. The van der Waals surface area contributed by atoms with E-state index in [0.29, 0.717) is 31.2 Å². The van der Waals surface area contributed by atoms with E-state index in [4.69, 9.17) is 14.5 Å². The number of hydrogen-bond donors (Lipinski definition) is 2. The average molecular weight is 541 g/mol. The molecule has 0 bridgehead atoms. The number of carbonyl (C=O) groups is 1. The van der Waals surface area contributed by atoms with Crippen molar-refractivity contribution >= 4 is 46.4 Å². The maximum Gasteiger partial charge on any atom is 0.411 e. The highest BCUT2D eigenvalue weighted by molar-refractivity contribution is 8.00. The second-order valence-corrected chi connectivity index (χ2v) is 10.6. The van der Waals surface area contributed by atoms with Crippen LogP contribution in [0.15, 0.2) is 47.3 Å². The number of benzene rings is 1. The van der Waals surface area contributed by atoms with E-state index in [1.54, 1.807) is 23.1 Å². The number of hydrogen-bond acceptors (Lipinski definition) is 10. The van der Waals surface area contributed by atoms with Gasteiger partial charge in [-0.15, -0.1) is 10.2 Å². The molecule has 0 aliphatic carbocycles. The maximum absolute atomic E-state index is 12.0. The van der Waals surface area contributed by atoms with Gasteiger partial charge in [-0.2, -0.15) is 0 Å². The minimum Gasteiger partial charge on any atom is -0.445 e. The molecule has 0 spiro atoms. The van der Waals surface area contributed by atoms with Gasteiger partial charge in [0.05, 0.1) is 18.9 Å². The van der Waals surface area contributed by atoms with Gasteiger partial charge in [-0.1, -0.05) is 54.8 Å². The zero-order valence-electron chi connectivity index (χ0n) is 21.2. The first kappa shape index (κ1) is 26.9. The Morgan fingerprint density at radius 1 is 1.30 bits per heavy atom. The van der Waals surface area contributed by atoms with Crippen molar-refractivity contribution in [1.82, 2.24) is 15.2 Å². The number of rotatable bonds is 11. The van der Waals surface area contributed by atoms with Crippen LogP contribution in [0.25, 0.3) is 0 Å². The van der Waals surface area contributed by atoms with E-state index in [2.05, 4.69) is 51.4 Å². The Hall–Kier alpha value is -3.15. The summed E-state index contributed by atoms with van der Waals surface area (Å²) in [5.41, 5.74) is 4.83. The van der Waals surface area contributed by atoms with E-state index in [9.17, 15) is 4.79 Å². The van der Waals surface area contributed by atoms with Gasteiger partial charge in [-0.3, -0.25) is 5.32 Å². The predicted octanol–water partition coefficient (Wildman–Crippen LogP) is 5.28. The molecule has 2 aromatic heterocycles. The second kappa shape index (κ2) is 13.4. The summed E-state index contributed by atoms with van der Waals surface area (Å²) in [7, 11) is 0. The molecule has 0 saturated carbocycles. The van der Waals surface area contributed by atoms with Crippen molar-refractivity contribution in [1.29, 1.82) is 0 Å². The van der Waals surface area contributed by atoms with Gasteiger partial charge in [0.1, 0.15) is 17.4 Å². The quantitative estimate of drug-likeness (QED) is 0.248. The van der Waals surface area contributed by atoms with Crippen molar-refractivity contribution < 1.29 is 14.3 Å². The summed E-state index contributed by atoms with van der Waals surface area (Å²) in [6, 6.07) is 10.0. The van der Waals surface area contributed by atoms with Crippen LogP contribution in [0.1, 0.15) is 28.8 Å². The number of pyridine rings is 1. The zero-order valence-corrected chi connectivity index (χ0v) is 22.8. The Balaban J connectivity index is 1.48. The molecule has 3 heterocycles. The fourth-order valence-corrected chi connectivity index (χ4v) is 5.52. The first-order valence-electron chi connectivity index (χ1n) is 12.2. The van der Waals surface area contributed by atoms with Crippen LogP contribution < -0.4 is 15.5 Å². The van der Waals surface area contributed by atoms with Crippen LogP contribution in [0.2, 0.25) is 0 Å². The zero-order chi connectivity index (χ0) is 26.0. The van der Waals surface area contributed by atoms with Gasteiger partial charge in [-0.05, 0) is 36.6 Å². The van der Waals surface area contributed by atoms with Gasteiger partial charge in [0.25, 0.3) is 0 Å². The van der Waals surface area contributed by atoms with Crippen molar-refractivity contribution in [2.75, 3.05) is 48.4 Å². The lowest BCUT2D eigenvalue weighted by Gasteiger charge is -2.29. The third-order valence-corrected chi connectivity index (χ3v) is 8.04. The summed E-state index contributed by atoms with van der Waals surface area (Å²) >= 11 is 3.29. The molecule has 3 aromatic rings. The Morgan fingerprint density at radius 2 is 2.14 bits per heavy atom. The first-order chi connectivity index (χ1) is 18.1. The van der Waals surface area contributed by atoms with Crippen molar-refractivity contribution in [3.05, 3.63) is 64.8 Å². The number of anilines is 3. The molecule has 1 aromatic carbocycles. The Labute approximate surface area is 225 Å². The number of carbonyl (C=O) groups excluding carboxylic acids is 1. The molecule has 1 saturated heterocycles. The molecule has 9 nitrogen and oxygen atoms in total. The van der Waals surface area contributed by atoms with Crippen LogP contribution >= 0.6 is 23.1 Å². The van der Waals surface area contributed by atoms with E-state index in [-0.39, 0.29) is 6.61 Å². The summed E-state index contributed by atoms with van der Waals surface area (Å²) in [6.07, 6.45) is 1.92. The van der Waals surface area contributed by atoms with Crippen LogP contribution in [-0.4, -0.2) is 54.2 Å². The highest BCUT2D eigenvalue weighted by atomic mass is 32.2. The average Bonchev–Trinajstić information content (AvgIpc) is 3.40. The van der Waals surface area contributed by atoms with Crippen molar-refractivity contribution in [3.63, 3.8) is 0 Å². The maximum atomic E-state index is 12.0. The standard InChI is InChI=1S/C26H32N6O3S2/c1-4-11-35-25(33)29-22-8-6-7-19(18(22)3)16-27-23-15-21(32-9-12-34-13-10-32)14-20(28-23)17-36-26-31-30-24(5-2)37-26/h4,6-8,14-15H,1,5,9-13,16-17H2,2-3H3,(H,27,28)(H,29,33). The van der Waals surface area contributed by atoms with Gasteiger partial charge < -0.3 is 19.7 Å². The van der Waals surface area contributed by atoms with Crippen molar-refractivity contribution in [2.24, 2.45) is 0 Å². The molecule has 11 heteroatoms. The number of nitrogens with zero attached hydrogens (tertiary/aromatic N) is 4. The Bertz CT molecular complexity index is 1210. The van der Waals surface area contributed by atoms with E-state index in [1.165, 1.54) is 6.08 Å². The molecule has 0 unspecified atom stereocenters. The Kier molecular flexibility index (Phi) is 9.75. The lowest BCUT2D eigenvalue weighted by molar-refractivity contribution is 0.122. The summed E-state index contributed by atoms with van der Waals surface area (Å²) in [5, 5.41) is 15.8. The number of morpholine rings is 1. The second-order valence-electron chi connectivity index (χ2n) is 8.36. The number of aromatic nitrogens is 3. The van der Waals surface area contributed by atoms with Crippen LogP contribution in [-0.2, 0) is 28.2 Å². The molecule has 37 heavy (non-hydrogen) atoms. The van der Waals surface area contributed by atoms with E-state index in [0.717, 1.165) is 57.2 Å². The first-order valence-corrected chi connectivity index (χ1v) is 14.0. The number of nitrogens with one attached hydrogen (secondary N) is 2. The molecule has 196 valence electrons. The van der Waals surface area contributed by atoms with Crippen LogP contribution in [0, 0.1) is 6.92 Å². The number of amides is 1. The van der Waals surface area contributed by atoms with Crippen molar-refractivity contribution in [2.45, 2.75) is 36.9 Å². The SMILES string of the molecule is C=CCOC(=O)Nc1cccc(CNc2cc(N3CCOCC3)cc(CSc3nnc(CC)s3)n2)c1C. The van der Waals surface area contributed by atoms with E-state index < -0.39 is 6.09 Å². The number of thioether (sulfide) groups is 1. The van der Waals surface area contributed by atoms with Gasteiger partial charge in [0.15, 0.2) is 4.34 Å². The minimum atomic E-state index is -0.503. The van der Waals surface area contributed by atoms with E-state index >= 15 is 0 Å². The van der Waals surface area contributed by atoms with Crippen molar-refractivity contribution in [3.8, 4) is 0 Å². The molecule has 0 atom stereocenters. The third-order valence-electron chi connectivity index (χ3n) is 5.81. The minimum absolute atomic E-state index is 0.163. The summed E-state index contributed by atoms with van der Waals surface area (Å²) in [4.78, 5) is 19.2. The molecular formula is C26H32N6O3S2. The Morgan fingerprint density at radius 3 is 2.89 bits per heavy atom. The van der Waals surface area contributed by atoms with Crippen LogP contribution in [0.5, 0.6) is 0 Å². The molecule has 4 rings (SSSR count). The normalized spacial score (nSPS) is 13.3. The summed E-state index contributed by atoms with van der Waals surface area (Å²) < 4.78 is 11.5. The van der Waals surface area contributed by atoms with E-state index in [1.807, 2.05) is 25.1 Å². The lowest BCUT2D eigenvalue weighted by Crippen LogP contribution is -2.36. The van der Waals surface area contributed by atoms with Gasteiger partial charge in [0, 0.05) is 42.8 Å². The molecular weight excluding hydrogens is 508 g/mol. The molecule has 1 aliphatic heterocycles. The van der Waals surface area contributed by atoms with Gasteiger partial charge >= 0.3 is 6.09 Å². The fraction of sp³-hybridized carbons (Fsp3) is 0.385. The van der Waals surface area contributed by atoms with Gasteiger partial charge in [-0.25, -0.2) is 9.78 Å². The highest BCUT2D eigenvalue weighted by Gasteiger charge is 2.15. The molecule has 0 radical (unpaired) electrons. The molecule has 1 aliphatic rings. The summed E-state index contributed by atoms with van der Waals surface area (Å²) in [5.74, 6) is 1.51. The summed E-state index contributed by atoms with van der Waals surface area (Å²) in [6.45, 7) is 11.5. The smallest absolute Gasteiger partial charge is 0.411 e. The molecule has 1 amide bonds. The van der Waals surface area contributed by atoms with Crippen LogP contribution in [0.4, 0.5) is 22.0 Å². The molecule has 1 fully saturated rings. The van der Waals surface area contributed by atoms with Crippen LogP contribution in [0.3, 0.4) is 0 Å². The lowest BCUT2D eigenvalue weighted by atomic mass is 10.1. The number of ether oxygens (including phenoxy) is 2. The number of aryl methyl sites for hydroxylation is 1. The monoisotopic (exact) mass is 540 g/mol. The van der Waals surface area contributed by atoms with Gasteiger partial charge in [0.2, 0.25) is 0 Å². The fourth-order valence-electron chi connectivity index (χ4n) is 3.79. The topological polar surface area (TPSA) is 102 Å².